The van der Waals surface area contributed by atoms with Crippen LogP contribution in [0.3, 0.4) is 0 Å². The lowest BCUT2D eigenvalue weighted by molar-refractivity contribution is -0.143. The minimum Gasteiger partial charge on any atom is -0.480 e. The Balaban J connectivity index is 2.11. The lowest BCUT2D eigenvalue weighted by Crippen LogP contribution is -2.43. The zero-order valence-corrected chi connectivity index (χ0v) is 9.59. The van der Waals surface area contributed by atoms with Crippen LogP contribution in [0.4, 0.5) is 0 Å². The minimum atomic E-state index is -0.698. The van der Waals surface area contributed by atoms with Crippen molar-refractivity contribution < 1.29 is 9.90 Å². The molecule has 0 spiro atoms. The van der Waals surface area contributed by atoms with E-state index in [1.165, 1.54) is 10.4 Å². The third-order valence-corrected chi connectivity index (χ3v) is 3.97. The lowest BCUT2D eigenvalue weighted by Gasteiger charge is -2.31. The first-order valence-corrected chi connectivity index (χ1v) is 6.12. The Hall–Kier alpha value is -0.870. The summed E-state index contributed by atoms with van der Waals surface area (Å²) in [4.78, 5) is 14.5. The Morgan fingerprint density at radius 3 is 3.20 bits per heavy atom. The molecule has 1 unspecified atom stereocenters. The second-order valence-electron chi connectivity index (χ2n) is 3.85. The number of nitrogens with zero attached hydrogens (tertiary/aromatic N) is 1. The Labute approximate surface area is 93.3 Å². The van der Waals surface area contributed by atoms with Gasteiger partial charge in [-0.05, 0) is 29.9 Å². The van der Waals surface area contributed by atoms with Crippen molar-refractivity contribution in [2.45, 2.75) is 32.4 Å². The summed E-state index contributed by atoms with van der Waals surface area (Å²) in [7, 11) is 0. The van der Waals surface area contributed by atoms with Crippen LogP contribution in [0.1, 0.15) is 23.8 Å². The van der Waals surface area contributed by atoms with Crippen LogP contribution in [-0.2, 0) is 17.8 Å². The molecule has 4 heteroatoms. The Morgan fingerprint density at radius 2 is 2.53 bits per heavy atom. The summed E-state index contributed by atoms with van der Waals surface area (Å²) in [5.41, 5.74) is 1.31. The van der Waals surface area contributed by atoms with Crippen LogP contribution in [0.5, 0.6) is 0 Å². The van der Waals surface area contributed by atoms with Gasteiger partial charge in [-0.1, -0.05) is 6.92 Å². The van der Waals surface area contributed by atoms with Crippen molar-refractivity contribution in [3.8, 4) is 0 Å². The molecule has 1 aliphatic heterocycles. The van der Waals surface area contributed by atoms with Crippen molar-refractivity contribution in [3.63, 3.8) is 0 Å². The number of aliphatic carboxylic acids is 1. The molecule has 0 aliphatic carbocycles. The third kappa shape index (κ3) is 2.06. The standard InChI is InChI=1S/C11H15NO2S/c1-2-9(11(13)14)12-5-3-10-8(7-12)4-6-15-10/h4,6,9H,2-3,5,7H2,1H3,(H,13,14). The average Bonchev–Trinajstić information content (AvgIpc) is 2.65. The molecule has 1 aliphatic rings. The molecule has 0 bridgehead atoms. The fourth-order valence-electron chi connectivity index (χ4n) is 2.13. The minimum absolute atomic E-state index is 0.321. The summed E-state index contributed by atoms with van der Waals surface area (Å²) in [6, 6.07) is 1.79. The van der Waals surface area contributed by atoms with E-state index in [1.807, 2.05) is 6.92 Å². The number of hydrogen-bond donors (Lipinski definition) is 1. The molecule has 3 nitrogen and oxygen atoms in total. The summed E-state index contributed by atoms with van der Waals surface area (Å²) in [5.74, 6) is -0.698. The van der Waals surface area contributed by atoms with Gasteiger partial charge in [0.15, 0.2) is 0 Å². The van der Waals surface area contributed by atoms with E-state index in [1.54, 1.807) is 11.3 Å². The highest BCUT2D eigenvalue weighted by Crippen LogP contribution is 2.25. The van der Waals surface area contributed by atoms with E-state index in [0.29, 0.717) is 6.42 Å². The van der Waals surface area contributed by atoms with Gasteiger partial charge in [-0.15, -0.1) is 11.3 Å². The summed E-state index contributed by atoms with van der Waals surface area (Å²) in [5, 5.41) is 11.2. The topological polar surface area (TPSA) is 40.5 Å². The molecule has 1 atom stereocenters. The van der Waals surface area contributed by atoms with Crippen LogP contribution in [0, 0.1) is 0 Å². The van der Waals surface area contributed by atoms with Crippen molar-refractivity contribution in [2.75, 3.05) is 6.54 Å². The van der Waals surface area contributed by atoms with Crippen LogP contribution >= 0.6 is 11.3 Å². The van der Waals surface area contributed by atoms with E-state index >= 15 is 0 Å². The van der Waals surface area contributed by atoms with Crippen LogP contribution in [0.15, 0.2) is 11.4 Å². The first kappa shape index (κ1) is 10.6. The number of carboxylic acid groups (broad SMARTS) is 1. The van der Waals surface area contributed by atoms with Gasteiger partial charge < -0.3 is 5.11 Å². The van der Waals surface area contributed by atoms with Crippen molar-refractivity contribution in [2.24, 2.45) is 0 Å². The zero-order chi connectivity index (χ0) is 10.8. The van der Waals surface area contributed by atoms with Crippen molar-refractivity contribution in [1.29, 1.82) is 0 Å². The van der Waals surface area contributed by atoms with Crippen molar-refractivity contribution in [1.82, 2.24) is 4.90 Å². The van der Waals surface area contributed by atoms with Gasteiger partial charge in [0.05, 0.1) is 0 Å². The number of carbonyl (C=O) groups is 1. The van der Waals surface area contributed by atoms with Gasteiger partial charge >= 0.3 is 5.97 Å². The molecule has 0 fully saturated rings. The van der Waals surface area contributed by atoms with Gasteiger partial charge in [-0.25, -0.2) is 0 Å². The molecule has 0 saturated carbocycles. The fourth-order valence-corrected chi connectivity index (χ4v) is 3.02. The Kier molecular flexibility index (Phi) is 3.07. The highest BCUT2D eigenvalue weighted by Gasteiger charge is 2.27. The van der Waals surface area contributed by atoms with Gasteiger partial charge in [0.2, 0.25) is 0 Å². The lowest BCUT2D eigenvalue weighted by atomic mass is 10.1. The number of rotatable bonds is 3. The third-order valence-electron chi connectivity index (χ3n) is 2.95. The zero-order valence-electron chi connectivity index (χ0n) is 8.77. The predicted octanol–water partition coefficient (Wildman–Crippen LogP) is 1.97. The van der Waals surface area contributed by atoms with E-state index in [9.17, 15) is 4.79 Å². The summed E-state index contributed by atoms with van der Waals surface area (Å²) < 4.78 is 0. The van der Waals surface area contributed by atoms with Gasteiger partial charge in [-0.2, -0.15) is 0 Å². The average molecular weight is 225 g/mol. The van der Waals surface area contributed by atoms with E-state index < -0.39 is 5.97 Å². The van der Waals surface area contributed by atoms with E-state index in [2.05, 4.69) is 16.3 Å². The molecule has 2 rings (SSSR count). The van der Waals surface area contributed by atoms with E-state index in [4.69, 9.17) is 5.11 Å². The molecule has 1 N–H and O–H groups in total. The Morgan fingerprint density at radius 1 is 1.73 bits per heavy atom. The van der Waals surface area contributed by atoms with E-state index in [-0.39, 0.29) is 6.04 Å². The van der Waals surface area contributed by atoms with Gasteiger partial charge in [0.1, 0.15) is 6.04 Å². The SMILES string of the molecule is CCC(C(=O)O)N1CCc2sccc2C1. The van der Waals surface area contributed by atoms with Gasteiger partial charge in [0.25, 0.3) is 0 Å². The number of thiophene rings is 1. The summed E-state index contributed by atoms with van der Waals surface area (Å²) in [6.45, 7) is 3.60. The smallest absolute Gasteiger partial charge is 0.320 e. The summed E-state index contributed by atoms with van der Waals surface area (Å²) >= 11 is 1.78. The van der Waals surface area contributed by atoms with E-state index in [0.717, 1.165) is 19.5 Å². The molecule has 82 valence electrons. The predicted molar refractivity (Wildman–Crippen MR) is 60.1 cm³/mol. The molecule has 2 heterocycles. The normalized spacial score (nSPS) is 18.5. The molecule has 0 aromatic carbocycles. The molecule has 1 aromatic heterocycles. The first-order valence-electron chi connectivity index (χ1n) is 5.24. The number of fused-ring (bicyclic) bond motifs is 1. The molecule has 15 heavy (non-hydrogen) atoms. The van der Waals surface area contributed by atoms with Crippen LogP contribution in [0.2, 0.25) is 0 Å². The second kappa shape index (κ2) is 4.33. The molecular formula is C11H15NO2S. The molecular weight excluding hydrogens is 210 g/mol. The first-order chi connectivity index (χ1) is 7.22. The fraction of sp³-hybridized carbons (Fsp3) is 0.545. The molecule has 1 aromatic rings. The Bertz CT molecular complexity index is 361. The second-order valence-corrected chi connectivity index (χ2v) is 4.85. The molecule has 0 amide bonds. The maximum absolute atomic E-state index is 11.0. The van der Waals surface area contributed by atoms with Crippen LogP contribution in [0.25, 0.3) is 0 Å². The largest absolute Gasteiger partial charge is 0.480 e. The van der Waals surface area contributed by atoms with Gasteiger partial charge in [-0.3, -0.25) is 9.69 Å². The maximum atomic E-state index is 11.0. The quantitative estimate of drug-likeness (QED) is 0.855. The summed E-state index contributed by atoms with van der Waals surface area (Å²) in [6.07, 6.45) is 1.67. The monoisotopic (exact) mass is 225 g/mol. The number of carboxylic acids is 1. The highest BCUT2D eigenvalue weighted by atomic mass is 32.1. The number of hydrogen-bond acceptors (Lipinski definition) is 3. The van der Waals surface area contributed by atoms with Crippen LogP contribution in [-0.4, -0.2) is 28.6 Å². The maximum Gasteiger partial charge on any atom is 0.320 e. The molecule has 0 radical (unpaired) electrons. The van der Waals surface area contributed by atoms with Crippen LogP contribution < -0.4 is 0 Å². The van der Waals surface area contributed by atoms with Gasteiger partial charge in [0, 0.05) is 18.0 Å². The highest BCUT2D eigenvalue weighted by molar-refractivity contribution is 7.10. The van der Waals surface area contributed by atoms with Crippen molar-refractivity contribution in [3.05, 3.63) is 21.9 Å². The molecule has 0 saturated heterocycles. The van der Waals surface area contributed by atoms with Crippen molar-refractivity contribution >= 4 is 17.3 Å².